The Morgan fingerprint density at radius 3 is 0.500 bits per heavy atom. The fourth-order valence-corrected chi connectivity index (χ4v) is 0. The molecule has 0 N–H and O–H groups in total. The first-order valence-electron chi connectivity index (χ1n) is 4.83. The molecule has 0 radical (unpaired) electrons. The Morgan fingerprint density at radius 1 is 0.500 bits per heavy atom. The summed E-state index contributed by atoms with van der Waals surface area (Å²) < 4.78 is 0. The lowest BCUT2D eigenvalue weighted by Crippen LogP contribution is -1.27. The van der Waals surface area contributed by atoms with E-state index >= 15 is 0 Å². The molecule has 0 aliphatic carbocycles. The summed E-state index contributed by atoms with van der Waals surface area (Å²) in [7, 11) is 0. The third-order valence-corrected chi connectivity index (χ3v) is 0. The van der Waals surface area contributed by atoms with Crippen molar-refractivity contribution in [1.82, 2.24) is 0 Å². The third kappa shape index (κ3) is 0. The molecule has 0 heterocycles. The molecule has 0 aromatic rings. The summed E-state index contributed by atoms with van der Waals surface area (Å²) in [5, 5.41) is 0. The lowest BCUT2D eigenvalue weighted by atomic mass is 10.6. The van der Waals surface area contributed by atoms with Crippen LogP contribution in [0.5, 0.6) is 0 Å². The molecule has 0 heteroatoms. The summed E-state index contributed by atoms with van der Waals surface area (Å²) in [6.07, 6.45) is 2.50. The van der Waals surface area contributed by atoms with Gasteiger partial charge in [0.2, 0.25) is 0 Å². The van der Waals surface area contributed by atoms with Gasteiger partial charge in [-0.05, 0) is 0 Å². The zero-order valence-corrected chi connectivity index (χ0v) is 9.41. The molecule has 12 heavy (non-hydrogen) atoms. The molecule has 0 saturated heterocycles. The molecule has 0 fully saturated rings. The van der Waals surface area contributed by atoms with E-state index in [9.17, 15) is 0 Å². The minimum Gasteiger partial charge on any atom is -0.0776 e. The fraction of sp³-hybridized carbons (Fsp3) is 1.00. The summed E-state index contributed by atoms with van der Waals surface area (Å²) in [6.45, 7) is 16.5. The fourth-order valence-electron chi connectivity index (χ4n) is 0. The van der Waals surface area contributed by atoms with Gasteiger partial charge in [-0.25, -0.2) is 0 Å². The first-order valence-corrected chi connectivity index (χ1v) is 4.83. The van der Waals surface area contributed by atoms with Crippen LogP contribution in [0.3, 0.4) is 0 Å². The number of rotatable bonds is 0. The van der Waals surface area contributed by atoms with E-state index in [4.69, 9.17) is 0 Å². The van der Waals surface area contributed by atoms with Crippen LogP contribution in [0, 0.1) is 0 Å². The second kappa shape index (κ2) is 275. The van der Waals surface area contributed by atoms with Crippen LogP contribution >= 0.6 is 0 Å². The molecule has 0 rings (SSSR count). The van der Waals surface area contributed by atoms with Gasteiger partial charge in [-0.2, -0.15) is 0 Å². The van der Waals surface area contributed by atoms with Crippen molar-refractivity contribution in [2.45, 2.75) is 83.1 Å². The molecular weight excluding hydrogens is 144 g/mol. The summed E-state index contributed by atoms with van der Waals surface area (Å²) in [6, 6.07) is 0. The highest BCUT2D eigenvalue weighted by Gasteiger charge is 1.36. The summed E-state index contributed by atoms with van der Waals surface area (Å²) >= 11 is 0. The molecule has 0 spiro atoms. The van der Waals surface area contributed by atoms with Crippen molar-refractivity contribution in [3.05, 3.63) is 0 Å². The van der Waals surface area contributed by atoms with Gasteiger partial charge in [-0.3, -0.25) is 0 Å². The van der Waals surface area contributed by atoms with Crippen LogP contribution in [-0.4, -0.2) is 0 Å². The molecule has 0 saturated carbocycles. The molecule has 84 valence electrons. The van der Waals surface area contributed by atoms with Crippen LogP contribution in [0.15, 0.2) is 0 Å². The minimum absolute atomic E-state index is 0. The van der Waals surface area contributed by atoms with Crippen LogP contribution in [0.1, 0.15) is 83.1 Å². The van der Waals surface area contributed by atoms with Gasteiger partial charge in [-0.1, -0.05) is 83.1 Å². The average molecular weight is 180 g/mol. The quantitative estimate of drug-likeness (QED) is 0.419. The van der Waals surface area contributed by atoms with Crippen LogP contribution in [0.25, 0.3) is 0 Å². The van der Waals surface area contributed by atoms with Gasteiger partial charge < -0.3 is 0 Å². The van der Waals surface area contributed by atoms with Crippen molar-refractivity contribution in [2.24, 2.45) is 0 Å². The van der Waals surface area contributed by atoms with E-state index in [0.717, 1.165) is 0 Å². The Balaban J connectivity index is -0.00000000967. The second-order valence-corrected chi connectivity index (χ2v) is 1.41. The van der Waals surface area contributed by atoms with E-state index < -0.39 is 0 Å². The maximum absolute atomic E-state index is 2.12. The highest BCUT2D eigenvalue weighted by Crippen LogP contribution is 1.56. The zero-order chi connectivity index (χ0) is 9.41. The highest BCUT2D eigenvalue weighted by molar-refractivity contribution is 3.92. The lowest BCUT2D eigenvalue weighted by molar-refractivity contribution is 1.09. The minimum atomic E-state index is 0. The van der Waals surface area contributed by atoms with Crippen molar-refractivity contribution in [1.29, 1.82) is 0 Å². The Bertz CT molecular complexity index is 2.00. The number of hydrogen-bond donors (Lipinski definition) is 0. The average Bonchev–Trinajstić information content (AvgIpc) is 1.99. The van der Waals surface area contributed by atoms with Crippen molar-refractivity contribution in [3.63, 3.8) is 0 Å². The number of hydrogen-bond acceptors (Lipinski definition) is 0. The van der Waals surface area contributed by atoms with E-state index in [-0.39, 0.29) is 14.9 Å². The monoisotopic (exact) mass is 180 g/mol. The second-order valence-electron chi connectivity index (χ2n) is 1.41. The van der Waals surface area contributed by atoms with Crippen LogP contribution in [0.2, 0.25) is 0 Å². The Kier molecular flexibility index (Phi) is 924. The molecule has 0 bridgehead atoms. The van der Waals surface area contributed by atoms with Crippen LogP contribution in [0.4, 0.5) is 0 Å². The van der Waals surface area contributed by atoms with Gasteiger partial charge in [0.05, 0.1) is 0 Å². The molecule has 0 aliphatic rings. The zero-order valence-electron chi connectivity index (χ0n) is 9.41. The Morgan fingerprint density at radius 2 is 0.500 bits per heavy atom. The third-order valence-electron chi connectivity index (χ3n) is 0. The molecule has 0 unspecified atom stereocenters. The first kappa shape index (κ1) is 40.3. The largest absolute Gasteiger partial charge is 0.0776 e. The van der Waals surface area contributed by atoms with Gasteiger partial charge in [0.1, 0.15) is 0 Å². The molecule has 0 aliphatic heterocycles. The van der Waals surface area contributed by atoms with Gasteiger partial charge in [-0.15, -0.1) is 0 Å². The summed E-state index contributed by atoms with van der Waals surface area (Å²) in [4.78, 5) is 0. The summed E-state index contributed by atoms with van der Waals surface area (Å²) in [5.74, 6) is 0. The predicted molar refractivity (Wildman–Crippen MR) is 68.1 cm³/mol. The van der Waals surface area contributed by atoms with E-state index in [2.05, 4.69) is 27.7 Å². The molecular formula is C12H36. The topological polar surface area (TPSA) is 0 Å². The molecule has 0 atom stereocenters. The van der Waals surface area contributed by atoms with E-state index in [1.807, 2.05) is 27.7 Å². The van der Waals surface area contributed by atoms with E-state index in [1.54, 1.807) is 0 Å². The van der Waals surface area contributed by atoms with Crippen molar-refractivity contribution < 1.29 is 0 Å². The molecule has 0 aromatic carbocycles. The van der Waals surface area contributed by atoms with Crippen molar-refractivity contribution >= 4 is 0 Å². The molecule has 0 nitrogen and oxygen atoms in total. The maximum atomic E-state index is 2.12. The lowest BCUT2D eigenvalue weighted by Gasteiger charge is -1.48. The standard InChI is InChI=1S/2C3H8.2C2H6.2CH4/c2*1-3-2;2*1-2;;/h2*3H2,1-2H3;2*1-2H3;2*1H4. The normalized spacial score (nSPS) is 4.00. The Labute approximate surface area is 83.8 Å². The van der Waals surface area contributed by atoms with Gasteiger partial charge >= 0.3 is 0 Å². The van der Waals surface area contributed by atoms with Gasteiger partial charge in [0.15, 0.2) is 0 Å². The highest BCUT2D eigenvalue weighted by atomic mass is 13.4. The maximum Gasteiger partial charge on any atom is -0.0590 e. The van der Waals surface area contributed by atoms with Crippen molar-refractivity contribution in [2.75, 3.05) is 0 Å². The van der Waals surface area contributed by atoms with Gasteiger partial charge in [0, 0.05) is 0 Å². The smallest absolute Gasteiger partial charge is 0.0590 e. The first-order chi connectivity index (χ1) is 4.83. The van der Waals surface area contributed by atoms with Crippen LogP contribution in [-0.2, 0) is 0 Å². The van der Waals surface area contributed by atoms with Crippen LogP contribution < -0.4 is 0 Å². The SMILES string of the molecule is C.C.CC.CC.CCC.CCC. The predicted octanol–water partition coefficient (Wildman–Crippen LogP) is 6.16. The van der Waals surface area contributed by atoms with Gasteiger partial charge in [0.25, 0.3) is 0 Å². The Hall–Kier alpha value is 0. The van der Waals surface area contributed by atoms with E-state index in [0.29, 0.717) is 0 Å². The van der Waals surface area contributed by atoms with Crippen molar-refractivity contribution in [3.8, 4) is 0 Å². The van der Waals surface area contributed by atoms with E-state index in [1.165, 1.54) is 12.8 Å². The summed E-state index contributed by atoms with van der Waals surface area (Å²) in [5.41, 5.74) is 0. The molecule has 0 amide bonds. The molecule has 0 aromatic heterocycles.